The normalized spacial score (nSPS) is 24.1. The van der Waals surface area contributed by atoms with E-state index in [4.69, 9.17) is 4.74 Å². The van der Waals surface area contributed by atoms with Gasteiger partial charge in [-0.1, -0.05) is 50.3 Å². The SMILES string of the molecule is O=C(CN1C(=O)[C@H]2CCCC[C@@H]2C1=O)OCC(=O)N(c1ccccc1)C1CCCCC1. The second kappa shape index (κ2) is 9.62. The van der Waals surface area contributed by atoms with Crippen LogP contribution in [0.15, 0.2) is 30.3 Å². The molecule has 0 spiro atoms. The lowest BCUT2D eigenvalue weighted by Crippen LogP contribution is -2.44. The topological polar surface area (TPSA) is 84.0 Å². The zero-order valence-electron chi connectivity index (χ0n) is 17.8. The monoisotopic (exact) mass is 426 g/mol. The molecule has 3 aliphatic rings. The summed E-state index contributed by atoms with van der Waals surface area (Å²) in [4.78, 5) is 53.3. The number of carbonyl (C=O) groups is 4. The van der Waals surface area contributed by atoms with Gasteiger partial charge < -0.3 is 9.64 Å². The number of imide groups is 1. The number of rotatable bonds is 6. The maximum absolute atomic E-state index is 13.0. The number of hydrogen-bond acceptors (Lipinski definition) is 5. The highest BCUT2D eigenvalue weighted by Gasteiger charge is 2.48. The standard InChI is InChI=1S/C24H30N2O5/c27-21(26(17-9-3-1-4-10-17)18-11-5-2-6-12-18)16-31-22(28)15-25-23(29)19-13-7-8-14-20(19)24(25)30/h1,3-4,9-10,18-20H,2,5-8,11-16H2/t19-,20-/m0/s1. The Kier molecular flexibility index (Phi) is 6.68. The fourth-order valence-corrected chi connectivity index (χ4v) is 5.26. The molecule has 31 heavy (non-hydrogen) atoms. The van der Waals surface area contributed by atoms with Crippen LogP contribution in [0.5, 0.6) is 0 Å². The van der Waals surface area contributed by atoms with Gasteiger partial charge in [0.2, 0.25) is 11.8 Å². The molecule has 4 rings (SSSR count). The molecule has 1 aromatic carbocycles. The maximum atomic E-state index is 13.0. The number of para-hydroxylation sites is 1. The Morgan fingerprint density at radius 3 is 2.06 bits per heavy atom. The van der Waals surface area contributed by atoms with Crippen LogP contribution < -0.4 is 4.90 Å². The lowest BCUT2D eigenvalue weighted by atomic mass is 9.81. The molecule has 0 N–H and O–H groups in total. The van der Waals surface area contributed by atoms with Crippen molar-refractivity contribution in [1.29, 1.82) is 0 Å². The van der Waals surface area contributed by atoms with Gasteiger partial charge in [0.15, 0.2) is 6.61 Å². The minimum absolute atomic E-state index is 0.0900. The van der Waals surface area contributed by atoms with E-state index in [0.717, 1.165) is 49.1 Å². The fourth-order valence-electron chi connectivity index (χ4n) is 5.26. The lowest BCUT2D eigenvalue weighted by Gasteiger charge is -2.34. The Bertz CT molecular complexity index is 810. The average Bonchev–Trinajstić information content (AvgIpc) is 3.04. The van der Waals surface area contributed by atoms with Gasteiger partial charge in [-0.05, 0) is 37.8 Å². The van der Waals surface area contributed by atoms with Crippen LogP contribution in [0.3, 0.4) is 0 Å². The van der Waals surface area contributed by atoms with Crippen molar-refractivity contribution in [3.63, 3.8) is 0 Å². The Balaban J connectivity index is 1.36. The van der Waals surface area contributed by atoms with Gasteiger partial charge in [0, 0.05) is 11.7 Å². The fraction of sp³-hybridized carbons (Fsp3) is 0.583. The highest BCUT2D eigenvalue weighted by Crippen LogP contribution is 2.37. The van der Waals surface area contributed by atoms with E-state index in [1.54, 1.807) is 4.90 Å². The van der Waals surface area contributed by atoms with E-state index < -0.39 is 19.1 Å². The number of benzene rings is 1. The summed E-state index contributed by atoms with van der Waals surface area (Å²) in [5.74, 6) is -2.13. The van der Waals surface area contributed by atoms with Crippen molar-refractivity contribution in [2.45, 2.75) is 63.8 Å². The highest BCUT2D eigenvalue weighted by atomic mass is 16.5. The number of ether oxygens (including phenoxy) is 1. The molecule has 1 saturated heterocycles. The van der Waals surface area contributed by atoms with Crippen molar-refractivity contribution in [1.82, 2.24) is 4.90 Å². The number of likely N-dealkylation sites (tertiary alicyclic amines) is 1. The molecule has 1 aromatic rings. The predicted molar refractivity (Wildman–Crippen MR) is 114 cm³/mol. The first kappa shape index (κ1) is 21.5. The van der Waals surface area contributed by atoms with Gasteiger partial charge in [-0.3, -0.25) is 24.1 Å². The van der Waals surface area contributed by atoms with E-state index in [0.29, 0.717) is 12.8 Å². The number of carbonyl (C=O) groups excluding carboxylic acids is 4. The largest absolute Gasteiger partial charge is 0.454 e. The maximum Gasteiger partial charge on any atom is 0.326 e. The van der Waals surface area contributed by atoms with E-state index >= 15 is 0 Å². The van der Waals surface area contributed by atoms with Gasteiger partial charge in [-0.25, -0.2) is 0 Å². The second-order valence-corrected chi connectivity index (χ2v) is 8.81. The van der Waals surface area contributed by atoms with E-state index in [-0.39, 0.29) is 35.6 Å². The summed E-state index contributed by atoms with van der Waals surface area (Å²) in [6.45, 7) is -0.806. The molecule has 2 saturated carbocycles. The third-order valence-electron chi connectivity index (χ3n) is 6.82. The molecule has 0 aromatic heterocycles. The Morgan fingerprint density at radius 1 is 0.871 bits per heavy atom. The number of hydrogen-bond donors (Lipinski definition) is 0. The zero-order chi connectivity index (χ0) is 21.8. The summed E-state index contributed by atoms with van der Waals surface area (Å²) in [6, 6.07) is 9.53. The highest BCUT2D eigenvalue weighted by molar-refractivity contribution is 6.07. The van der Waals surface area contributed by atoms with Crippen molar-refractivity contribution in [2.75, 3.05) is 18.1 Å². The number of nitrogens with zero attached hydrogens (tertiary/aromatic N) is 2. The molecule has 1 heterocycles. The Hall–Kier alpha value is -2.70. The lowest BCUT2D eigenvalue weighted by molar-refractivity contribution is -0.154. The van der Waals surface area contributed by atoms with Crippen LogP contribution in [0.2, 0.25) is 0 Å². The summed E-state index contributed by atoms with van der Waals surface area (Å²) in [5, 5.41) is 0. The van der Waals surface area contributed by atoms with Crippen molar-refractivity contribution >= 4 is 29.4 Å². The first-order valence-electron chi connectivity index (χ1n) is 11.4. The summed E-state index contributed by atoms with van der Waals surface area (Å²) >= 11 is 0. The van der Waals surface area contributed by atoms with E-state index in [9.17, 15) is 19.2 Å². The van der Waals surface area contributed by atoms with Crippen LogP contribution in [-0.2, 0) is 23.9 Å². The first-order valence-corrected chi connectivity index (χ1v) is 11.4. The molecule has 3 fully saturated rings. The molecule has 2 aliphatic carbocycles. The van der Waals surface area contributed by atoms with Crippen LogP contribution in [0, 0.1) is 11.8 Å². The van der Waals surface area contributed by atoms with Gasteiger partial charge in [-0.15, -0.1) is 0 Å². The smallest absolute Gasteiger partial charge is 0.326 e. The van der Waals surface area contributed by atoms with E-state index in [2.05, 4.69) is 0 Å². The van der Waals surface area contributed by atoms with Crippen LogP contribution in [0.1, 0.15) is 57.8 Å². The van der Waals surface area contributed by atoms with Gasteiger partial charge in [-0.2, -0.15) is 0 Å². The second-order valence-electron chi connectivity index (χ2n) is 8.81. The molecule has 0 radical (unpaired) electrons. The molecule has 166 valence electrons. The van der Waals surface area contributed by atoms with Gasteiger partial charge in [0.1, 0.15) is 6.54 Å². The van der Waals surface area contributed by atoms with Crippen molar-refractivity contribution in [2.24, 2.45) is 11.8 Å². The third kappa shape index (κ3) is 4.65. The molecule has 0 bridgehead atoms. The molecule has 7 heteroatoms. The minimum Gasteiger partial charge on any atom is -0.454 e. The minimum atomic E-state index is -0.717. The molecule has 2 atom stereocenters. The van der Waals surface area contributed by atoms with Crippen LogP contribution in [0.4, 0.5) is 5.69 Å². The number of amides is 3. The van der Waals surface area contributed by atoms with Crippen molar-refractivity contribution in [3.8, 4) is 0 Å². The van der Waals surface area contributed by atoms with Gasteiger partial charge >= 0.3 is 5.97 Å². The van der Waals surface area contributed by atoms with Crippen molar-refractivity contribution in [3.05, 3.63) is 30.3 Å². The summed E-state index contributed by atoms with van der Waals surface area (Å²) in [5.41, 5.74) is 0.796. The van der Waals surface area contributed by atoms with Crippen LogP contribution in [-0.4, -0.2) is 47.8 Å². The zero-order valence-corrected chi connectivity index (χ0v) is 17.8. The van der Waals surface area contributed by atoms with Gasteiger partial charge in [0.25, 0.3) is 5.91 Å². The summed E-state index contributed by atoms with van der Waals surface area (Å²) in [7, 11) is 0. The van der Waals surface area contributed by atoms with Crippen LogP contribution >= 0.6 is 0 Å². The van der Waals surface area contributed by atoms with Crippen LogP contribution in [0.25, 0.3) is 0 Å². The summed E-state index contributed by atoms with van der Waals surface area (Å²) in [6.07, 6.45) is 8.43. The Morgan fingerprint density at radius 2 is 1.45 bits per heavy atom. The van der Waals surface area contributed by atoms with E-state index in [1.165, 1.54) is 6.42 Å². The predicted octanol–water partition coefficient (Wildman–Crippen LogP) is 3.07. The number of fused-ring (bicyclic) bond motifs is 1. The first-order chi connectivity index (χ1) is 15.1. The van der Waals surface area contributed by atoms with Gasteiger partial charge in [0.05, 0.1) is 11.8 Å². The molecular formula is C24H30N2O5. The number of esters is 1. The van der Waals surface area contributed by atoms with E-state index in [1.807, 2.05) is 30.3 Å². The molecule has 0 unspecified atom stereocenters. The molecule has 3 amide bonds. The quantitative estimate of drug-likeness (QED) is 0.516. The third-order valence-corrected chi connectivity index (χ3v) is 6.82. The Labute approximate surface area is 182 Å². The summed E-state index contributed by atoms with van der Waals surface area (Å²) < 4.78 is 5.23. The number of anilines is 1. The average molecular weight is 427 g/mol. The molecule has 1 aliphatic heterocycles. The van der Waals surface area contributed by atoms with Crippen molar-refractivity contribution < 1.29 is 23.9 Å². The molecule has 7 nitrogen and oxygen atoms in total. The molecular weight excluding hydrogens is 396 g/mol.